The minimum Gasteiger partial charge on any atom is -0.351 e. The van der Waals surface area contributed by atoms with Crippen LogP contribution in [0.1, 0.15) is 32.9 Å². The van der Waals surface area contributed by atoms with E-state index in [0.29, 0.717) is 40.0 Å². The van der Waals surface area contributed by atoms with Gasteiger partial charge in [0.2, 0.25) is 0 Å². The Kier molecular flexibility index (Phi) is 5.01. The van der Waals surface area contributed by atoms with Gasteiger partial charge in [0.15, 0.2) is 0 Å². The van der Waals surface area contributed by atoms with Gasteiger partial charge in [0, 0.05) is 11.6 Å². The van der Waals surface area contributed by atoms with E-state index in [-0.39, 0.29) is 5.91 Å². The van der Waals surface area contributed by atoms with Crippen molar-refractivity contribution in [3.05, 3.63) is 82.8 Å². The molecule has 0 saturated carbocycles. The summed E-state index contributed by atoms with van der Waals surface area (Å²) in [6, 6.07) is 15.8. The third-order valence-electron chi connectivity index (χ3n) is 5.23. The topological polar surface area (TPSA) is 119 Å². The SMILES string of the molecule is Cc1nn(Cc2ccc(C#N)cc2)c(C)c1NC(=O)c1cn(C(N)=O)c2ccccc12. The van der Waals surface area contributed by atoms with Crippen LogP contribution in [0.3, 0.4) is 0 Å². The van der Waals surface area contributed by atoms with Gasteiger partial charge in [-0.1, -0.05) is 30.3 Å². The number of nitriles is 1. The minimum atomic E-state index is -0.655. The molecule has 31 heavy (non-hydrogen) atoms. The van der Waals surface area contributed by atoms with E-state index in [9.17, 15) is 9.59 Å². The highest BCUT2D eigenvalue weighted by molar-refractivity contribution is 6.14. The predicted molar refractivity (Wildman–Crippen MR) is 117 cm³/mol. The zero-order chi connectivity index (χ0) is 22.1. The van der Waals surface area contributed by atoms with Crippen molar-refractivity contribution >= 4 is 28.5 Å². The molecule has 154 valence electrons. The molecule has 2 aromatic carbocycles. The average molecular weight is 412 g/mol. The molecule has 0 unspecified atom stereocenters. The van der Waals surface area contributed by atoms with Crippen LogP contribution in [-0.4, -0.2) is 26.3 Å². The molecule has 0 atom stereocenters. The largest absolute Gasteiger partial charge is 0.351 e. The molecule has 8 nitrogen and oxygen atoms in total. The predicted octanol–water partition coefficient (Wildman–Crippen LogP) is 3.55. The summed E-state index contributed by atoms with van der Waals surface area (Å²) in [7, 11) is 0. The molecule has 0 aliphatic rings. The van der Waals surface area contributed by atoms with Crippen LogP contribution in [0.25, 0.3) is 10.9 Å². The van der Waals surface area contributed by atoms with E-state index in [0.717, 1.165) is 11.3 Å². The second-order valence-electron chi connectivity index (χ2n) is 7.23. The van der Waals surface area contributed by atoms with E-state index in [4.69, 9.17) is 11.0 Å². The number of carbonyl (C=O) groups excluding carboxylic acids is 2. The molecule has 3 N–H and O–H groups in total. The van der Waals surface area contributed by atoms with Crippen LogP contribution in [0.4, 0.5) is 10.5 Å². The first kappa shape index (κ1) is 19.9. The number of nitrogens with two attached hydrogens (primary N) is 1. The number of hydrogen-bond acceptors (Lipinski definition) is 4. The summed E-state index contributed by atoms with van der Waals surface area (Å²) in [5, 5.41) is 17.1. The van der Waals surface area contributed by atoms with Gasteiger partial charge in [-0.2, -0.15) is 10.4 Å². The lowest BCUT2D eigenvalue weighted by molar-refractivity contribution is 0.102. The first-order valence-electron chi connectivity index (χ1n) is 9.63. The minimum absolute atomic E-state index is 0.347. The molecule has 0 aliphatic heterocycles. The molecule has 8 heteroatoms. The zero-order valence-corrected chi connectivity index (χ0v) is 17.1. The molecule has 0 spiro atoms. The van der Waals surface area contributed by atoms with Gasteiger partial charge in [-0.05, 0) is 37.6 Å². The fourth-order valence-electron chi connectivity index (χ4n) is 3.61. The van der Waals surface area contributed by atoms with Crippen LogP contribution < -0.4 is 11.1 Å². The van der Waals surface area contributed by atoms with Crippen molar-refractivity contribution in [2.45, 2.75) is 20.4 Å². The standard InChI is InChI=1S/C23H20N6O2/c1-14-21(15(2)29(27-14)12-17-9-7-16(11-24)8-10-17)26-22(30)19-13-28(23(25)31)20-6-4-3-5-18(19)20/h3-10,13H,12H2,1-2H3,(H2,25,31)(H,26,30). The summed E-state index contributed by atoms with van der Waals surface area (Å²) >= 11 is 0. The number of aromatic nitrogens is 3. The van der Waals surface area contributed by atoms with Crippen LogP contribution in [0, 0.1) is 25.2 Å². The maximum Gasteiger partial charge on any atom is 0.323 e. The van der Waals surface area contributed by atoms with Crippen molar-refractivity contribution in [3.8, 4) is 6.07 Å². The first-order chi connectivity index (χ1) is 14.9. The van der Waals surface area contributed by atoms with E-state index >= 15 is 0 Å². The number of benzene rings is 2. The lowest BCUT2D eigenvalue weighted by Crippen LogP contribution is -2.18. The number of primary amides is 1. The second-order valence-corrected chi connectivity index (χ2v) is 7.23. The molecule has 4 rings (SSSR count). The van der Waals surface area contributed by atoms with E-state index < -0.39 is 6.03 Å². The van der Waals surface area contributed by atoms with Crippen molar-refractivity contribution in [1.29, 1.82) is 5.26 Å². The summed E-state index contributed by atoms with van der Waals surface area (Å²) in [5.74, 6) is -0.347. The third-order valence-corrected chi connectivity index (χ3v) is 5.23. The molecule has 4 aromatic rings. The molecule has 0 fully saturated rings. The van der Waals surface area contributed by atoms with Crippen LogP contribution in [0.5, 0.6) is 0 Å². The Bertz CT molecular complexity index is 1360. The van der Waals surface area contributed by atoms with Gasteiger partial charge < -0.3 is 11.1 Å². The van der Waals surface area contributed by atoms with Gasteiger partial charge in [0.05, 0.1) is 46.3 Å². The van der Waals surface area contributed by atoms with Crippen LogP contribution in [0.15, 0.2) is 54.7 Å². The number of carbonyl (C=O) groups is 2. The molecule has 2 amide bonds. The normalized spacial score (nSPS) is 10.7. The molecular formula is C23H20N6O2. The number of nitrogens with zero attached hydrogens (tertiary/aromatic N) is 4. The summed E-state index contributed by atoms with van der Waals surface area (Å²) in [6.07, 6.45) is 1.45. The smallest absolute Gasteiger partial charge is 0.323 e. The molecule has 2 heterocycles. The van der Waals surface area contributed by atoms with Crippen LogP contribution >= 0.6 is 0 Å². The van der Waals surface area contributed by atoms with E-state index in [1.165, 1.54) is 10.8 Å². The lowest BCUT2D eigenvalue weighted by atomic mass is 10.1. The van der Waals surface area contributed by atoms with Gasteiger partial charge in [-0.3, -0.25) is 14.0 Å². The number of amides is 2. The molecule has 2 aromatic heterocycles. The first-order valence-corrected chi connectivity index (χ1v) is 9.63. The highest BCUT2D eigenvalue weighted by atomic mass is 16.2. The maximum absolute atomic E-state index is 13.1. The van der Waals surface area contributed by atoms with Crippen LogP contribution in [-0.2, 0) is 6.54 Å². The number of nitrogens with one attached hydrogen (secondary N) is 1. The highest BCUT2D eigenvalue weighted by Crippen LogP contribution is 2.25. The van der Waals surface area contributed by atoms with Gasteiger partial charge >= 0.3 is 6.03 Å². The Balaban J connectivity index is 1.63. The summed E-state index contributed by atoms with van der Waals surface area (Å²) in [6.45, 7) is 4.21. The van der Waals surface area contributed by atoms with Crippen molar-refractivity contribution in [3.63, 3.8) is 0 Å². The summed E-state index contributed by atoms with van der Waals surface area (Å²) in [5.41, 5.74) is 10.1. The average Bonchev–Trinajstić information content (AvgIpc) is 3.28. The number of aryl methyl sites for hydroxylation is 1. The molecule has 0 saturated heterocycles. The van der Waals surface area contributed by atoms with E-state index in [1.54, 1.807) is 41.1 Å². The Morgan fingerprint density at radius 2 is 1.84 bits per heavy atom. The maximum atomic E-state index is 13.1. The Hall–Kier alpha value is -4.38. The summed E-state index contributed by atoms with van der Waals surface area (Å²) in [4.78, 5) is 24.8. The van der Waals surface area contributed by atoms with Gasteiger partial charge in [-0.25, -0.2) is 4.79 Å². The Morgan fingerprint density at radius 1 is 1.13 bits per heavy atom. The fourth-order valence-corrected chi connectivity index (χ4v) is 3.61. The molecule has 0 bridgehead atoms. The zero-order valence-electron chi connectivity index (χ0n) is 17.1. The number of anilines is 1. The highest BCUT2D eigenvalue weighted by Gasteiger charge is 2.20. The Morgan fingerprint density at radius 3 is 2.52 bits per heavy atom. The monoisotopic (exact) mass is 412 g/mol. The second kappa shape index (κ2) is 7.80. The van der Waals surface area contributed by atoms with Gasteiger partial charge in [-0.15, -0.1) is 0 Å². The van der Waals surface area contributed by atoms with Crippen LogP contribution in [0.2, 0.25) is 0 Å². The number of fused-ring (bicyclic) bond motifs is 1. The number of para-hydroxylation sites is 1. The number of rotatable bonds is 4. The molecule has 0 aliphatic carbocycles. The summed E-state index contributed by atoms with van der Waals surface area (Å²) < 4.78 is 3.07. The quantitative estimate of drug-likeness (QED) is 0.533. The van der Waals surface area contributed by atoms with Gasteiger partial charge in [0.25, 0.3) is 5.91 Å². The van der Waals surface area contributed by atoms with Gasteiger partial charge in [0.1, 0.15) is 0 Å². The fraction of sp³-hybridized carbons (Fsp3) is 0.130. The van der Waals surface area contributed by atoms with E-state index in [2.05, 4.69) is 16.5 Å². The number of hydrogen-bond donors (Lipinski definition) is 2. The molecular weight excluding hydrogens is 392 g/mol. The Labute approximate surface area is 178 Å². The third kappa shape index (κ3) is 3.65. The molecule has 0 radical (unpaired) electrons. The van der Waals surface area contributed by atoms with Crippen molar-refractivity contribution < 1.29 is 9.59 Å². The lowest BCUT2D eigenvalue weighted by Gasteiger charge is -2.07. The van der Waals surface area contributed by atoms with E-state index in [1.807, 2.05) is 26.0 Å². The van der Waals surface area contributed by atoms with Crippen molar-refractivity contribution in [2.75, 3.05) is 5.32 Å². The van der Waals surface area contributed by atoms with Crippen molar-refractivity contribution in [1.82, 2.24) is 14.3 Å². The van der Waals surface area contributed by atoms with Crippen molar-refractivity contribution in [2.24, 2.45) is 5.73 Å².